The minimum atomic E-state index is -0.232. The predicted octanol–water partition coefficient (Wildman–Crippen LogP) is 7.42. The van der Waals surface area contributed by atoms with Crippen LogP contribution in [-0.4, -0.2) is 12.6 Å². The molecule has 0 spiro atoms. The summed E-state index contributed by atoms with van der Waals surface area (Å²) in [4.78, 5) is 11.3. The van der Waals surface area contributed by atoms with E-state index in [9.17, 15) is 4.79 Å². The van der Waals surface area contributed by atoms with Gasteiger partial charge in [0.15, 0.2) is 0 Å². The van der Waals surface area contributed by atoms with Gasteiger partial charge in [0.05, 0.1) is 6.61 Å². The SMILES string of the molecule is CC/C=C\C/C=C\C/C=C\C/C=C\C/C=C\CCC/C(C)=C\C(=O)OCC. The number of carbonyl (C=O) groups excluding carboxylic acids is 1. The number of allylic oxidation sites excluding steroid dienone is 11. The molecule has 0 aromatic carbocycles. The Labute approximate surface area is 167 Å². The van der Waals surface area contributed by atoms with Crippen LogP contribution in [0.3, 0.4) is 0 Å². The average molecular weight is 371 g/mol. The van der Waals surface area contributed by atoms with Crippen molar-refractivity contribution >= 4 is 5.97 Å². The van der Waals surface area contributed by atoms with E-state index in [0.717, 1.165) is 56.9 Å². The molecule has 0 radical (unpaired) electrons. The van der Waals surface area contributed by atoms with Crippen LogP contribution < -0.4 is 0 Å². The Morgan fingerprint density at radius 1 is 0.741 bits per heavy atom. The highest BCUT2D eigenvalue weighted by Gasteiger charge is 1.97. The van der Waals surface area contributed by atoms with Gasteiger partial charge in [0, 0.05) is 6.08 Å². The van der Waals surface area contributed by atoms with Crippen molar-refractivity contribution < 1.29 is 9.53 Å². The van der Waals surface area contributed by atoms with Crippen LogP contribution in [0.25, 0.3) is 0 Å². The fourth-order valence-electron chi connectivity index (χ4n) is 2.32. The molecule has 0 unspecified atom stereocenters. The summed E-state index contributed by atoms with van der Waals surface area (Å²) in [7, 11) is 0. The Morgan fingerprint density at radius 3 is 1.70 bits per heavy atom. The van der Waals surface area contributed by atoms with Gasteiger partial charge in [0.2, 0.25) is 0 Å². The molecule has 0 fully saturated rings. The number of esters is 1. The van der Waals surface area contributed by atoms with E-state index >= 15 is 0 Å². The first kappa shape index (κ1) is 24.9. The summed E-state index contributed by atoms with van der Waals surface area (Å²) < 4.78 is 4.90. The van der Waals surface area contributed by atoms with Crippen molar-refractivity contribution in [3.8, 4) is 0 Å². The van der Waals surface area contributed by atoms with Crippen LogP contribution in [0.1, 0.15) is 72.1 Å². The normalized spacial score (nSPS) is 13.2. The maximum absolute atomic E-state index is 11.3. The Hall–Kier alpha value is -2.09. The number of carbonyl (C=O) groups is 1. The summed E-state index contributed by atoms with van der Waals surface area (Å²) in [6.45, 7) is 6.39. The topological polar surface area (TPSA) is 26.3 Å². The van der Waals surface area contributed by atoms with Crippen LogP contribution >= 0.6 is 0 Å². The zero-order valence-corrected chi connectivity index (χ0v) is 17.5. The standard InChI is InChI=1S/C25H38O2/c1-4-6-7-8-9-10-11-12-13-14-15-16-17-18-19-20-21-22-24(3)23-25(26)27-5-2/h6-7,9-10,12-13,15-16,18-19,23H,4-5,8,11,14,17,20-22H2,1-3H3/b7-6-,10-9-,13-12-,16-15-,19-18-,24-23-. The van der Waals surface area contributed by atoms with E-state index in [0.29, 0.717) is 6.61 Å². The quantitative estimate of drug-likeness (QED) is 0.130. The van der Waals surface area contributed by atoms with Gasteiger partial charge in [-0.3, -0.25) is 0 Å². The van der Waals surface area contributed by atoms with E-state index in [1.165, 1.54) is 0 Å². The second kappa shape index (κ2) is 20.2. The minimum Gasteiger partial charge on any atom is -0.463 e. The van der Waals surface area contributed by atoms with Gasteiger partial charge >= 0.3 is 5.97 Å². The van der Waals surface area contributed by atoms with Gasteiger partial charge < -0.3 is 4.74 Å². The van der Waals surface area contributed by atoms with Gasteiger partial charge in [-0.2, -0.15) is 0 Å². The van der Waals surface area contributed by atoms with Crippen LogP contribution in [0.2, 0.25) is 0 Å². The number of unbranched alkanes of at least 4 members (excludes halogenated alkanes) is 1. The summed E-state index contributed by atoms with van der Waals surface area (Å²) in [5, 5.41) is 0. The summed E-state index contributed by atoms with van der Waals surface area (Å²) in [6, 6.07) is 0. The molecule has 0 aromatic rings. The Bertz CT molecular complexity index is 531. The molecule has 2 heteroatoms. The lowest BCUT2D eigenvalue weighted by Crippen LogP contribution is -2.00. The first-order valence-electron chi connectivity index (χ1n) is 10.3. The smallest absolute Gasteiger partial charge is 0.330 e. The summed E-state index contributed by atoms with van der Waals surface area (Å²) in [5.74, 6) is -0.232. The molecular formula is C25H38O2. The zero-order chi connectivity index (χ0) is 20.0. The summed E-state index contributed by atoms with van der Waals surface area (Å²) >= 11 is 0. The van der Waals surface area contributed by atoms with Crippen LogP contribution in [0.15, 0.2) is 72.4 Å². The largest absolute Gasteiger partial charge is 0.463 e. The zero-order valence-electron chi connectivity index (χ0n) is 17.5. The molecular weight excluding hydrogens is 332 g/mol. The highest BCUT2D eigenvalue weighted by Crippen LogP contribution is 2.07. The maximum Gasteiger partial charge on any atom is 0.330 e. The van der Waals surface area contributed by atoms with Gasteiger partial charge in [0.1, 0.15) is 0 Å². The van der Waals surface area contributed by atoms with E-state index in [4.69, 9.17) is 4.74 Å². The average Bonchev–Trinajstić information content (AvgIpc) is 2.64. The molecule has 150 valence electrons. The van der Waals surface area contributed by atoms with E-state index in [1.807, 2.05) is 13.8 Å². The summed E-state index contributed by atoms with van der Waals surface area (Å²) in [6.07, 6.45) is 31.9. The second-order valence-electron chi connectivity index (χ2n) is 6.34. The Morgan fingerprint density at radius 2 is 1.22 bits per heavy atom. The molecule has 27 heavy (non-hydrogen) atoms. The van der Waals surface area contributed by atoms with Gasteiger partial charge in [-0.05, 0) is 65.2 Å². The molecule has 0 bridgehead atoms. The second-order valence-corrected chi connectivity index (χ2v) is 6.34. The van der Waals surface area contributed by atoms with E-state index in [2.05, 4.69) is 67.7 Å². The third-order valence-corrected chi connectivity index (χ3v) is 3.75. The van der Waals surface area contributed by atoms with Gasteiger partial charge in [-0.15, -0.1) is 0 Å². The predicted molar refractivity (Wildman–Crippen MR) is 119 cm³/mol. The van der Waals surface area contributed by atoms with Crippen LogP contribution in [0, 0.1) is 0 Å². The number of rotatable bonds is 15. The third-order valence-electron chi connectivity index (χ3n) is 3.75. The number of hydrogen-bond donors (Lipinski definition) is 0. The summed E-state index contributed by atoms with van der Waals surface area (Å²) in [5.41, 5.74) is 1.08. The van der Waals surface area contributed by atoms with E-state index in [-0.39, 0.29) is 5.97 Å². The first-order chi connectivity index (χ1) is 13.2. The fraction of sp³-hybridized carbons (Fsp3) is 0.480. The molecule has 0 saturated carbocycles. The molecule has 0 aliphatic rings. The van der Waals surface area contributed by atoms with Crippen molar-refractivity contribution in [1.29, 1.82) is 0 Å². The molecule has 0 rings (SSSR count). The molecule has 0 heterocycles. The number of hydrogen-bond acceptors (Lipinski definition) is 2. The van der Waals surface area contributed by atoms with Crippen LogP contribution in [0.4, 0.5) is 0 Å². The van der Waals surface area contributed by atoms with Gasteiger partial charge in [0.25, 0.3) is 0 Å². The maximum atomic E-state index is 11.3. The molecule has 0 aromatic heterocycles. The highest BCUT2D eigenvalue weighted by atomic mass is 16.5. The lowest BCUT2D eigenvalue weighted by Gasteiger charge is -2.00. The van der Waals surface area contributed by atoms with Crippen LogP contribution in [-0.2, 0) is 9.53 Å². The number of ether oxygens (including phenoxy) is 1. The van der Waals surface area contributed by atoms with Crippen LogP contribution in [0.5, 0.6) is 0 Å². The molecule has 0 N–H and O–H groups in total. The van der Waals surface area contributed by atoms with Crippen molar-refractivity contribution in [1.82, 2.24) is 0 Å². The first-order valence-corrected chi connectivity index (χ1v) is 10.3. The Balaban J connectivity index is 3.64. The van der Waals surface area contributed by atoms with Crippen molar-refractivity contribution in [2.75, 3.05) is 6.61 Å². The third kappa shape index (κ3) is 20.1. The van der Waals surface area contributed by atoms with Gasteiger partial charge in [-0.25, -0.2) is 4.79 Å². The highest BCUT2D eigenvalue weighted by molar-refractivity contribution is 5.82. The lowest BCUT2D eigenvalue weighted by molar-refractivity contribution is -0.137. The molecule has 0 aliphatic heterocycles. The van der Waals surface area contributed by atoms with E-state index in [1.54, 1.807) is 6.08 Å². The molecule has 0 aliphatic carbocycles. The Kier molecular flexibility index (Phi) is 18.7. The molecule has 0 amide bonds. The van der Waals surface area contributed by atoms with Crippen molar-refractivity contribution in [3.05, 3.63) is 72.4 Å². The van der Waals surface area contributed by atoms with E-state index < -0.39 is 0 Å². The molecule has 0 saturated heterocycles. The van der Waals surface area contributed by atoms with Crippen molar-refractivity contribution in [3.63, 3.8) is 0 Å². The lowest BCUT2D eigenvalue weighted by atomic mass is 10.1. The molecule has 2 nitrogen and oxygen atoms in total. The van der Waals surface area contributed by atoms with Gasteiger partial charge in [-0.1, -0.05) is 73.3 Å². The minimum absolute atomic E-state index is 0.232. The molecule has 0 atom stereocenters. The van der Waals surface area contributed by atoms with Crippen molar-refractivity contribution in [2.24, 2.45) is 0 Å². The monoisotopic (exact) mass is 370 g/mol. The fourth-order valence-corrected chi connectivity index (χ4v) is 2.32. The van der Waals surface area contributed by atoms with Crippen molar-refractivity contribution in [2.45, 2.75) is 72.1 Å².